The fourth-order valence-corrected chi connectivity index (χ4v) is 6.75. The van der Waals surface area contributed by atoms with Crippen LogP contribution in [0.15, 0.2) is 103 Å². The molecule has 2 N–H and O–H groups in total. The highest BCUT2D eigenvalue weighted by Crippen LogP contribution is 2.44. The van der Waals surface area contributed by atoms with Gasteiger partial charge >= 0.3 is 12.1 Å². The van der Waals surface area contributed by atoms with Gasteiger partial charge in [-0.25, -0.2) is 14.6 Å². The summed E-state index contributed by atoms with van der Waals surface area (Å²) in [7, 11) is 0. The average molecular weight is 584 g/mol. The SMILES string of the molecule is O=C(NC1CCN(Cc2c(-c3ccccc3)nc3ccccc3c2C(=O)O)CC1)OCC1c2ccccc2-c2ccccc21. The Morgan fingerprint density at radius 1 is 0.818 bits per heavy atom. The summed E-state index contributed by atoms with van der Waals surface area (Å²) in [6, 6.07) is 33.8. The van der Waals surface area contributed by atoms with Gasteiger partial charge in [-0.05, 0) is 41.2 Å². The molecule has 4 aromatic carbocycles. The molecule has 2 heterocycles. The standard InChI is InChI=1S/C37H33N3O4/c41-36(42)34-30-16-8-9-17-33(30)39-35(24-10-2-1-3-11-24)31(34)22-40-20-18-25(19-21-40)38-37(43)44-23-32-28-14-6-4-12-26(28)27-13-5-7-15-29(27)32/h1-17,25,32H,18-23H2,(H,38,43)(H,41,42). The number of aromatic carboxylic acids is 1. The second-order valence-corrected chi connectivity index (χ2v) is 11.5. The lowest BCUT2D eigenvalue weighted by Gasteiger charge is -2.33. The summed E-state index contributed by atoms with van der Waals surface area (Å²) < 4.78 is 5.78. The van der Waals surface area contributed by atoms with Crippen LogP contribution in [0.1, 0.15) is 45.8 Å². The van der Waals surface area contributed by atoms with Crippen LogP contribution in [-0.2, 0) is 11.3 Å². The van der Waals surface area contributed by atoms with Gasteiger partial charge < -0.3 is 15.2 Å². The number of pyridine rings is 1. The summed E-state index contributed by atoms with van der Waals surface area (Å²) >= 11 is 0. The number of aromatic nitrogens is 1. The van der Waals surface area contributed by atoms with Gasteiger partial charge in [-0.2, -0.15) is 0 Å². The van der Waals surface area contributed by atoms with E-state index in [4.69, 9.17) is 9.72 Å². The van der Waals surface area contributed by atoms with Gasteiger partial charge in [0.1, 0.15) is 6.61 Å². The number of carboxylic acid groups (broad SMARTS) is 1. The number of likely N-dealkylation sites (tertiary alicyclic amines) is 1. The zero-order valence-corrected chi connectivity index (χ0v) is 24.3. The molecule has 0 unspecified atom stereocenters. The van der Waals surface area contributed by atoms with E-state index in [1.54, 1.807) is 0 Å². The molecular formula is C37H33N3O4. The molecule has 0 spiro atoms. The van der Waals surface area contributed by atoms with Gasteiger partial charge in [0.15, 0.2) is 0 Å². The molecule has 5 aromatic rings. The number of nitrogens with one attached hydrogen (secondary N) is 1. The fourth-order valence-electron chi connectivity index (χ4n) is 6.75. The highest BCUT2D eigenvalue weighted by atomic mass is 16.5. The minimum Gasteiger partial charge on any atom is -0.478 e. The number of hydrogen-bond donors (Lipinski definition) is 2. The van der Waals surface area contributed by atoms with E-state index in [0.717, 1.165) is 18.4 Å². The van der Waals surface area contributed by atoms with E-state index in [1.165, 1.54) is 22.3 Å². The van der Waals surface area contributed by atoms with Crippen molar-refractivity contribution in [1.82, 2.24) is 15.2 Å². The predicted molar refractivity (Wildman–Crippen MR) is 171 cm³/mol. The minimum atomic E-state index is -0.956. The Balaban J connectivity index is 1.02. The average Bonchev–Trinajstić information content (AvgIpc) is 3.38. The Hall–Kier alpha value is -5.01. The first-order valence-corrected chi connectivity index (χ1v) is 15.1. The van der Waals surface area contributed by atoms with Gasteiger partial charge in [0.25, 0.3) is 0 Å². The summed E-state index contributed by atoms with van der Waals surface area (Å²) in [6.07, 6.45) is 1.09. The third-order valence-corrected chi connectivity index (χ3v) is 8.89. The van der Waals surface area contributed by atoms with Gasteiger partial charge in [0.05, 0.1) is 16.8 Å². The molecule has 1 fully saturated rings. The van der Waals surface area contributed by atoms with Crippen LogP contribution in [0.2, 0.25) is 0 Å². The van der Waals surface area contributed by atoms with Crippen molar-refractivity contribution in [3.8, 4) is 22.4 Å². The molecule has 0 atom stereocenters. The lowest BCUT2D eigenvalue weighted by Crippen LogP contribution is -2.44. The Bertz CT molecular complexity index is 1800. The zero-order chi connectivity index (χ0) is 30.0. The smallest absolute Gasteiger partial charge is 0.407 e. The molecule has 0 saturated carbocycles. The lowest BCUT2D eigenvalue weighted by molar-refractivity contribution is 0.0695. The van der Waals surface area contributed by atoms with Crippen LogP contribution in [0.25, 0.3) is 33.3 Å². The Kier molecular flexibility index (Phi) is 7.54. The molecule has 0 radical (unpaired) electrons. The van der Waals surface area contributed by atoms with E-state index in [-0.39, 0.29) is 18.6 Å². The van der Waals surface area contributed by atoms with Crippen LogP contribution < -0.4 is 5.32 Å². The van der Waals surface area contributed by atoms with Crippen molar-refractivity contribution in [3.05, 3.63) is 125 Å². The number of carbonyl (C=O) groups excluding carboxylic acids is 1. The van der Waals surface area contributed by atoms with Crippen LogP contribution in [0.4, 0.5) is 4.79 Å². The third kappa shape index (κ3) is 5.31. The van der Waals surface area contributed by atoms with E-state index in [9.17, 15) is 14.7 Å². The molecule has 2 aliphatic rings. The summed E-state index contributed by atoms with van der Waals surface area (Å²) in [5.41, 5.74) is 8.04. The highest BCUT2D eigenvalue weighted by molar-refractivity contribution is 6.05. The van der Waals surface area contributed by atoms with E-state index >= 15 is 0 Å². The van der Waals surface area contributed by atoms with Crippen molar-refractivity contribution >= 4 is 23.0 Å². The first-order chi connectivity index (χ1) is 21.6. The summed E-state index contributed by atoms with van der Waals surface area (Å²) in [5, 5.41) is 14.0. The summed E-state index contributed by atoms with van der Waals surface area (Å²) in [4.78, 5) is 32.7. The summed E-state index contributed by atoms with van der Waals surface area (Å²) in [6.45, 7) is 2.18. The topological polar surface area (TPSA) is 91.8 Å². The van der Waals surface area contributed by atoms with Crippen LogP contribution in [-0.4, -0.2) is 52.8 Å². The number of rotatable bonds is 7. The van der Waals surface area contributed by atoms with E-state index in [0.29, 0.717) is 47.4 Å². The van der Waals surface area contributed by atoms with E-state index in [2.05, 4.69) is 34.5 Å². The number of benzene rings is 4. The maximum Gasteiger partial charge on any atom is 0.407 e. The molecule has 7 nitrogen and oxygen atoms in total. The van der Waals surface area contributed by atoms with Gasteiger partial charge in [-0.3, -0.25) is 4.90 Å². The van der Waals surface area contributed by atoms with Gasteiger partial charge in [0.2, 0.25) is 0 Å². The molecule has 1 aliphatic carbocycles. The second kappa shape index (κ2) is 11.9. The first-order valence-electron chi connectivity index (χ1n) is 15.1. The van der Waals surface area contributed by atoms with Crippen LogP contribution in [0.3, 0.4) is 0 Å². The van der Waals surface area contributed by atoms with Gasteiger partial charge in [0, 0.05) is 48.1 Å². The predicted octanol–water partition coefficient (Wildman–Crippen LogP) is 7.10. The number of nitrogens with zero attached hydrogens (tertiary/aromatic N) is 2. The third-order valence-electron chi connectivity index (χ3n) is 8.89. The number of alkyl carbamates (subject to hydrolysis) is 1. The summed E-state index contributed by atoms with van der Waals surface area (Å²) in [5.74, 6) is -0.935. The molecular weight excluding hydrogens is 550 g/mol. The first kappa shape index (κ1) is 27.8. The molecule has 1 saturated heterocycles. The quantitative estimate of drug-likeness (QED) is 0.212. The van der Waals surface area contributed by atoms with Crippen molar-refractivity contribution in [3.63, 3.8) is 0 Å². The normalized spacial score (nSPS) is 15.1. The van der Waals surface area contributed by atoms with E-state index < -0.39 is 12.1 Å². The molecule has 0 bridgehead atoms. The number of carboxylic acids is 1. The molecule has 220 valence electrons. The molecule has 1 aliphatic heterocycles. The number of amides is 1. The van der Waals surface area contributed by atoms with Crippen molar-refractivity contribution in [1.29, 1.82) is 0 Å². The monoisotopic (exact) mass is 583 g/mol. The zero-order valence-electron chi connectivity index (χ0n) is 24.3. The Morgan fingerprint density at radius 3 is 2.11 bits per heavy atom. The van der Waals surface area contributed by atoms with Gasteiger partial charge in [-0.1, -0.05) is 97.1 Å². The maximum atomic E-state index is 12.9. The Morgan fingerprint density at radius 2 is 1.43 bits per heavy atom. The number of piperidine rings is 1. The number of fused-ring (bicyclic) bond motifs is 4. The number of carbonyl (C=O) groups is 2. The van der Waals surface area contributed by atoms with Crippen LogP contribution in [0.5, 0.6) is 0 Å². The number of para-hydroxylation sites is 1. The van der Waals surface area contributed by atoms with Crippen molar-refractivity contribution in [2.45, 2.75) is 31.3 Å². The Labute approximate surface area is 256 Å². The largest absolute Gasteiger partial charge is 0.478 e. The molecule has 7 heteroatoms. The van der Waals surface area contributed by atoms with Crippen molar-refractivity contribution in [2.75, 3.05) is 19.7 Å². The minimum absolute atomic E-state index is 0.0100. The molecule has 44 heavy (non-hydrogen) atoms. The molecule has 1 amide bonds. The van der Waals surface area contributed by atoms with Crippen molar-refractivity contribution in [2.24, 2.45) is 0 Å². The number of ether oxygens (including phenoxy) is 1. The lowest BCUT2D eigenvalue weighted by atomic mass is 9.95. The maximum absolute atomic E-state index is 12.9. The molecule has 1 aromatic heterocycles. The van der Waals surface area contributed by atoms with Crippen LogP contribution in [0, 0.1) is 0 Å². The van der Waals surface area contributed by atoms with Crippen LogP contribution >= 0.6 is 0 Å². The fraction of sp³-hybridized carbons (Fsp3) is 0.216. The van der Waals surface area contributed by atoms with Gasteiger partial charge in [-0.15, -0.1) is 0 Å². The second-order valence-electron chi connectivity index (χ2n) is 11.5. The highest BCUT2D eigenvalue weighted by Gasteiger charge is 2.30. The number of hydrogen-bond acceptors (Lipinski definition) is 5. The van der Waals surface area contributed by atoms with E-state index in [1.807, 2.05) is 78.9 Å². The molecule has 7 rings (SSSR count). The van der Waals surface area contributed by atoms with Crippen molar-refractivity contribution < 1.29 is 19.4 Å².